The number of nitrogens with one attached hydrogen (secondary N) is 1. The molecule has 0 unspecified atom stereocenters. The molecule has 0 spiro atoms. The Balaban J connectivity index is 0.00000162. The van der Waals surface area contributed by atoms with Crippen molar-refractivity contribution < 1.29 is 8.78 Å². The molecule has 1 aliphatic rings. The lowest BCUT2D eigenvalue weighted by Gasteiger charge is -2.34. The number of nitrogens with zero attached hydrogens (tertiary/aromatic N) is 2. The maximum absolute atomic E-state index is 13.2. The average Bonchev–Trinajstić information content (AvgIpc) is 2.33. The van der Waals surface area contributed by atoms with E-state index in [4.69, 9.17) is 11.6 Å². The van der Waals surface area contributed by atoms with Crippen molar-refractivity contribution in [2.75, 3.05) is 26.2 Å². The molecule has 0 aromatic carbocycles. The van der Waals surface area contributed by atoms with Gasteiger partial charge >= 0.3 is 0 Å². The molecule has 2 rings (SSSR count). The summed E-state index contributed by atoms with van der Waals surface area (Å²) in [5, 5.41) is 3.44. The van der Waals surface area contributed by atoms with Gasteiger partial charge in [-0.1, -0.05) is 11.6 Å². The Bertz CT molecular complexity index is 376. The van der Waals surface area contributed by atoms with Gasteiger partial charge in [-0.2, -0.15) is 0 Å². The van der Waals surface area contributed by atoms with Gasteiger partial charge in [-0.3, -0.25) is 9.88 Å². The molecule has 8 heteroatoms. The zero-order valence-electron chi connectivity index (χ0n) is 10.1. The average molecular weight is 335 g/mol. The lowest BCUT2D eigenvalue weighted by molar-refractivity contribution is 0.0182. The molecule has 110 valence electrons. The number of alkyl halides is 2. The quantitative estimate of drug-likeness (QED) is 0.921. The van der Waals surface area contributed by atoms with Crippen molar-refractivity contribution in [2.24, 2.45) is 0 Å². The van der Waals surface area contributed by atoms with Crippen molar-refractivity contribution >= 4 is 36.4 Å². The van der Waals surface area contributed by atoms with Crippen LogP contribution in [0.1, 0.15) is 11.6 Å². The van der Waals surface area contributed by atoms with Gasteiger partial charge in [0.25, 0.3) is 6.43 Å². The molecule has 1 aliphatic heterocycles. The van der Waals surface area contributed by atoms with Gasteiger partial charge in [-0.05, 0) is 11.6 Å². The van der Waals surface area contributed by atoms with Crippen molar-refractivity contribution in [1.29, 1.82) is 0 Å². The molecular weight excluding hydrogens is 318 g/mol. The molecule has 1 N–H and O–H groups in total. The number of aromatic nitrogens is 1. The van der Waals surface area contributed by atoms with Crippen LogP contribution in [-0.2, 0) is 0 Å². The maximum atomic E-state index is 13.2. The number of hydrogen-bond donors (Lipinski definition) is 1. The summed E-state index contributed by atoms with van der Waals surface area (Å²) >= 11 is 5.94. The summed E-state index contributed by atoms with van der Waals surface area (Å²) < 4.78 is 26.4. The van der Waals surface area contributed by atoms with E-state index in [-0.39, 0.29) is 24.8 Å². The SMILES string of the molecule is Cl.Cl.FC(F)[C@@H](c1ccncc1Cl)N1CCNCC1. The van der Waals surface area contributed by atoms with Gasteiger partial charge in [0, 0.05) is 38.6 Å². The Labute approximate surface area is 128 Å². The third kappa shape index (κ3) is 4.68. The van der Waals surface area contributed by atoms with Crippen molar-refractivity contribution in [3.63, 3.8) is 0 Å². The monoisotopic (exact) mass is 333 g/mol. The first kappa shape index (κ1) is 18.8. The second-order valence-electron chi connectivity index (χ2n) is 3.96. The van der Waals surface area contributed by atoms with Crippen LogP contribution in [0.5, 0.6) is 0 Å². The van der Waals surface area contributed by atoms with Crippen molar-refractivity contribution in [2.45, 2.75) is 12.5 Å². The molecule has 1 saturated heterocycles. The molecule has 1 aromatic rings. The number of piperazine rings is 1. The summed E-state index contributed by atoms with van der Waals surface area (Å²) in [5.74, 6) is 0. The van der Waals surface area contributed by atoms with Crippen LogP contribution in [0.3, 0.4) is 0 Å². The molecule has 0 radical (unpaired) electrons. The highest BCUT2D eigenvalue weighted by Gasteiger charge is 2.31. The van der Waals surface area contributed by atoms with Crippen LogP contribution in [0.4, 0.5) is 8.78 Å². The molecule has 3 nitrogen and oxygen atoms in total. The summed E-state index contributed by atoms with van der Waals surface area (Å²) in [4.78, 5) is 5.59. The van der Waals surface area contributed by atoms with Crippen LogP contribution in [0.2, 0.25) is 5.02 Å². The lowest BCUT2D eigenvalue weighted by Crippen LogP contribution is -2.47. The van der Waals surface area contributed by atoms with E-state index in [0.29, 0.717) is 23.7 Å². The van der Waals surface area contributed by atoms with Gasteiger partial charge in [-0.15, -0.1) is 24.8 Å². The highest BCUT2D eigenvalue weighted by molar-refractivity contribution is 6.31. The van der Waals surface area contributed by atoms with E-state index in [0.717, 1.165) is 13.1 Å². The molecule has 1 fully saturated rings. The normalized spacial score (nSPS) is 17.5. The third-order valence-corrected chi connectivity index (χ3v) is 3.22. The number of halogens is 5. The predicted octanol–water partition coefficient (Wildman–Crippen LogP) is 2.79. The van der Waals surface area contributed by atoms with Crippen LogP contribution in [0.25, 0.3) is 0 Å². The maximum Gasteiger partial charge on any atom is 0.258 e. The Morgan fingerprint density at radius 3 is 2.42 bits per heavy atom. The Kier molecular flexibility index (Phi) is 8.78. The molecule has 1 aromatic heterocycles. The Morgan fingerprint density at radius 2 is 1.89 bits per heavy atom. The number of hydrogen-bond acceptors (Lipinski definition) is 3. The third-order valence-electron chi connectivity index (χ3n) is 2.91. The Morgan fingerprint density at radius 1 is 1.26 bits per heavy atom. The van der Waals surface area contributed by atoms with E-state index in [1.807, 2.05) is 0 Å². The van der Waals surface area contributed by atoms with Gasteiger partial charge in [0.2, 0.25) is 0 Å². The fourth-order valence-corrected chi connectivity index (χ4v) is 2.31. The van der Waals surface area contributed by atoms with Gasteiger partial charge in [0.05, 0.1) is 11.1 Å². The molecule has 0 amide bonds. The standard InChI is InChI=1S/C11H14ClF2N3.2ClH/c12-9-7-16-2-1-8(9)10(11(13)14)17-5-3-15-4-6-17;;/h1-2,7,10-11,15H,3-6H2;2*1H/t10-;;/m1../s1. The molecule has 2 heterocycles. The molecule has 19 heavy (non-hydrogen) atoms. The van der Waals surface area contributed by atoms with E-state index >= 15 is 0 Å². The largest absolute Gasteiger partial charge is 0.314 e. The van der Waals surface area contributed by atoms with E-state index in [9.17, 15) is 8.78 Å². The molecule has 0 aliphatic carbocycles. The highest BCUT2D eigenvalue weighted by Crippen LogP contribution is 2.31. The molecule has 0 saturated carbocycles. The van der Waals surface area contributed by atoms with Crippen molar-refractivity contribution in [3.05, 3.63) is 29.0 Å². The van der Waals surface area contributed by atoms with Crippen LogP contribution in [-0.4, -0.2) is 42.5 Å². The van der Waals surface area contributed by atoms with Crippen LogP contribution in [0.15, 0.2) is 18.5 Å². The smallest absolute Gasteiger partial charge is 0.258 e. The second kappa shape index (κ2) is 8.87. The van der Waals surface area contributed by atoms with E-state index in [1.54, 1.807) is 11.0 Å². The second-order valence-corrected chi connectivity index (χ2v) is 4.37. The summed E-state index contributed by atoms with van der Waals surface area (Å²) in [6.07, 6.45) is 0.459. The minimum absolute atomic E-state index is 0. The van der Waals surface area contributed by atoms with E-state index < -0.39 is 12.5 Å². The number of pyridine rings is 1. The van der Waals surface area contributed by atoms with Gasteiger partial charge in [-0.25, -0.2) is 8.78 Å². The molecule has 0 bridgehead atoms. The minimum atomic E-state index is -2.45. The Hall–Kier alpha value is -0.200. The number of rotatable bonds is 3. The minimum Gasteiger partial charge on any atom is -0.314 e. The van der Waals surface area contributed by atoms with E-state index in [2.05, 4.69) is 10.3 Å². The van der Waals surface area contributed by atoms with Gasteiger partial charge in [0.15, 0.2) is 0 Å². The fourth-order valence-electron chi connectivity index (χ4n) is 2.08. The van der Waals surface area contributed by atoms with E-state index in [1.165, 1.54) is 12.4 Å². The van der Waals surface area contributed by atoms with Gasteiger partial charge in [0.1, 0.15) is 0 Å². The van der Waals surface area contributed by atoms with Crippen molar-refractivity contribution in [3.8, 4) is 0 Å². The van der Waals surface area contributed by atoms with Crippen LogP contribution >= 0.6 is 36.4 Å². The first-order valence-electron chi connectivity index (χ1n) is 5.52. The molecule has 1 atom stereocenters. The predicted molar refractivity (Wildman–Crippen MR) is 76.9 cm³/mol. The zero-order valence-corrected chi connectivity index (χ0v) is 12.4. The summed E-state index contributed by atoms with van der Waals surface area (Å²) in [6, 6.07) is 0.633. The fraction of sp³-hybridized carbons (Fsp3) is 0.545. The van der Waals surface area contributed by atoms with Crippen molar-refractivity contribution in [1.82, 2.24) is 15.2 Å². The summed E-state index contributed by atoms with van der Waals surface area (Å²) in [5.41, 5.74) is 0.457. The lowest BCUT2D eigenvalue weighted by atomic mass is 10.1. The van der Waals surface area contributed by atoms with Crippen LogP contribution in [0, 0.1) is 0 Å². The van der Waals surface area contributed by atoms with Crippen LogP contribution < -0.4 is 5.32 Å². The zero-order chi connectivity index (χ0) is 12.3. The van der Waals surface area contributed by atoms with Gasteiger partial charge < -0.3 is 5.32 Å². The first-order chi connectivity index (χ1) is 8.20. The summed E-state index contributed by atoms with van der Waals surface area (Å²) in [6.45, 7) is 2.67. The highest BCUT2D eigenvalue weighted by atomic mass is 35.5. The first-order valence-corrected chi connectivity index (χ1v) is 5.90. The summed E-state index contributed by atoms with van der Waals surface area (Å²) in [7, 11) is 0. The topological polar surface area (TPSA) is 28.2 Å². The molecular formula is C11H16Cl3F2N3.